The topological polar surface area (TPSA) is 35.5 Å². The Kier molecular flexibility index (Phi) is 2.07. The first-order valence-electron chi connectivity index (χ1n) is 3.79. The maximum atomic E-state index is 10.5. The van der Waals surface area contributed by atoms with Crippen molar-refractivity contribution in [2.24, 2.45) is 11.3 Å². The molecule has 0 aliphatic carbocycles. The molecule has 1 aliphatic rings. The van der Waals surface area contributed by atoms with Gasteiger partial charge in [-0.2, -0.15) is 0 Å². The van der Waals surface area contributed by atoms with Gasteiger partial charge in [-0.25, -0.2) is 4.79 Å². The summed E-state index contributed by atoms with van der Waals surface area (Å²) in [7, 11) is 0. The Morgan fingerprint density at radius 3 is 2.09 bits per heavy atom. The van der Waals surface area contributed by atoms with Gasteiger partial charge in [-0.1, -0.05) is 20.8 Å². The van der Waals surface area contributed by atoms with Crippen LogP contribution in [0.2, 0.25) is 0 Å². The summed E-state index contributed by atoms with van der Waals surface area (Å²) in [4.78, 5) is 10.5. The standard InChI is InChI=1S/C8H14O3/c1-8(2,3)6-4-10-7(9)11-5-6/h6H,4-5H2,1-3H3. The average molecular weight is 158 g/mol. The molecule has 0 spiro atoms. The maximum absolute atomic E-state index is 10.5. The molecule has 1 fully saturated rings. The van der Waals surface area contributed by atoms with Crippen molar-refractivity contribution < 1.29 is 14.3 Å². The highest BCUT2D eigenvalue weighted by Crippen LogP contribution is 2.28. The smallest absolute Gasteiger partial charge is 0.434 e. The number of hydrogen-bond donors (Lipinski definition) is 0. The highest BCUT2D eigenvalue weighted by Gasteiger charge is 2.30. The molecule has 0 radical (unpaired) electrons. The minimum absolute atomic E-state index is 0.153. The van der Waals surface area contributed by atoms with Gasteiger partial charge < -0.3 is 9.47 Å². The van der Waals surface area contributed by atoms with Crippen LogP contribution in [0.1, 0.15) is 20.8 Å². The zero-order chi connectivity index (χ0) is 8.48. The van der Waals surface area contributed by atoms with Gasteiger partial charge in [0, 0.05) is 5.92 Å². The van der Waals surface area contributed by atoms with E-state index in [4.69, 9.17) is 9.47 Å². The van der Waals surface area contributed by atoms with E-state index in [1.807, 2.05) is 0 Å². The third-order valence-corrected chi connectivity index (χ3v) is 2.03. The van der Waals surface area contributed by atoms with Crippen LogP contribution < -0.4 is 0 Å². The van der Waals surface area contributed by atoms with Crippen LogP contribution in [0.15, 0.2) is 0 Å². The molecule has 0 unspecified atom stereocenters. The highest BCUT2D eigenvalue weighted by atomic mass is 16.7. The summed E-state index contributed by atoms with van der Waals surface area (Å²) < 4.78 is 9.51. The van der Waals surface area contributed by atoms with Gasteiger partial charge >= 0.3 is 6.16 Å². The summed E-state index contributed by atoms with van der Waals surface area (Å²) in [5, 5.41) is 0. The van der Waals surface area contributed by atoms with Crippen molar-refractivity contribution in [1.29, 1.82) is 0 Å². The Hall–Kier alpha value is -0.730. The molecule has 0 saturated carbocycles. The van der Waals surface area contributed by atoms with Crippen LogP contribution in [0.25, 0.3) is 0 Å². The van der Waals surface area contributed by atoms with Crippen LogP contribution in [-0.4, -0.2) is 19.4 Å². The van der Waals surface area contributed by atoms with E-state index < -0.39 is 6.16 Å². The largest absolute Gasteiger partial charge is 0.508 e. The second kappa shape index (κ2) is 2.72. The van der Waals surface area contributed by atoms with Crippen LogP contribution in [0, 0.1) is 11.3 Å². The average Bonchev–Trinajstić information content (AvgIpc) is 1.86. The van der Waals surface area contributed by atoms with Crippen LogP contribution >= 0.6 is 0 Å². The summed E-state index contributed by atoms with van der Waals surface area (Å²) in [5.41, 5.74) is 0.153. The first-order valence-corrected chi connectivity index (χ1v) is 3.79. The van der Waals surface area contributed by atoms with Gasteiger partial charge in [-0.05, 0) is 5.41 Å². The second-order valence-electron chi connectivity index (χ2n) is 3.93. The minimum atomic E-state index is -0.537. The molecule has 0 N–H and O–H groups in total. The summed E-state index contributed by atoms with van der Waals surface area (Å²) in [6.07, 6.45) is -0.537. The van der Waals surface area contributed by atoms with Crippen LogP contribution in [-0.2, 0) is 9.47 Å². The van der Waals surface area contributed by atoms with E-state index in [1.165, 1.54) is 0 Å². The Labute approximate surface area is 66.7 Å². The van der Waals surface area contributed by atoms with Gasteiger partial charge in [0.2, 0.25) is 0 Å². The molecule has 1 rings (SSSR count). The van der Waals surface area contributed by atoms with Crippen molar-refractivity contribution in [2.45, 2.75) is 20.8 Å². The van der Waals surface area contributed by atoms with Crippen LogP contribution in [0.3, 0.4) is 0 Å². The van der Waals surface area contributed by atoms with Crippen molar-refractivity contribution >= 4 is 6.16 Å². The summed E-state index contributed by atoms with van der Waals surface area (Å²) >= 11 is 0. The number of carbonyl (C=O) groups is 1. The quantitative estimate of drug-likeness (QED) is 0.504. The van der Waals surface area contributed by atoms with E-state index in [0.29, 0.717) is 19.1 Å². The number of ether oxygens (including phenoxy) is 2. The predicted molar refractivity (Wildman–Crippen MR) is 40.2 cm³/mol. The van der Waals surface area contributed by atoms with Gasteiger partial charge in [0.1, 0.15) is 13.2 Å². The molecule has 0 atom stereocenters. The lowest BCUT2D eigenvalue weighted by atomic mass is 9.81. The number of carbonyl (C=O) groups excluding carboxylic acids is 1. The van der Waals surface area contributed by atoms with Crippen molar-refractivity contribution in [2.75, 3.05) is 13.2 Å². The fourth-order valence-electron chi connectivity index (χ4n) is 0.927. The fraction of sp³-hybridized carbons (Fsp3) is 0.875. The van der Waals surface area contributed by atoms with E-state index >= 15 is 0 Å². The number of rotatable bonds is 0. The molecule has 3 nitrogen and oxygen atoms in total. The van der Waals surface area contributed by atoms with Crippen LogP contribution in [0.4, 0.5) is 4.79 Å². The first kappa shape index (κ1) is 8.37. The molecule has 1 heterocycles. The molecule has 0 amide bonds. The van der Waals surface area contributed by atoms with Crippen LogP contribution in [0.5, 0.6) is 0 Å². The fourth-order valence-corrected chi connectivity index (χ4v) is 0.927. The van der Waals surface area contributed by atoms with Crippen molar-refractivity contribution in [3.63, 3.8) is 0 Å². The molecule has 1 saturated heterocycles. The predicted octanol–water partition coefficient (Wildman–Crippen LogP) is 1.82. The maximum Gasteiger partial charge on any atom is 0.508 e. The molecule has 11 heavy (non-hydrogen) atoms. The van der Waals surface area contributed by atoms with Gasteiger partial charge in [0.05, 0.1) is 0 Å². The number of cyclic esters (lactones) is 2. The van der Waals surface area contributed by atoms with E-state index in [0.717, 1.165) is 0 Å². The minimum Gasteiger partial charge on any atom is -0.434 e. The molecule has 0 aromatic heterocycles. The summed E-state index contributed by atoms with van der Waals surface area (Å²) in [6.45, 7) is 7.31. The molecule has 0 aromatic carbocycles. The third-order valence-electron chi connectivity index (χ3n) is 2.03. The Bertz CT molecular complexity index is 147. The third kappa shape index (κ3) is 2.10. The van der Waals surface area contributed by atoms with E-state index in [1.54, 1.807) is 0 Å². The lowest BCUT2D eigenvalue weighted by molar-refractivity contribution is -0.0422. The van der Waals surface area contributed by atoms with E-state index in [2.05, 4.69) is 20.8 Å². The van der Waals surface area contributed by atoms with Gasteiger partial charge in [-0.3, -0.25) is 0 Å². The monoisotopic (exact) mass is 158 g/mol. The molecule has 64 valence electrons. The lowest BCUT2D eigenvalue weighted by Gasteiger charge is -2.32. The first-order chi connectivity index (χ1) is 5.00. The SMILES string of the molecule is CC(C)(C)C1COC(=O)OC1. The second-order valence-corrected chi connectivity index (χ2v) is 3.93. The van der Waals surface area contributed by atoms with Crippen molar-refractivity contribution in [3.05, 3.63) is 0 Å². The van der Waals surface area contributed by atoms with E-state index in [-0.39, 0.29) is 5.41 Å². The Morgan fingerprint density at radius 1 is 1.27 bits per heavy atom. The normalized spacial score (nSPS) is 20.8. The summed E-state index contributed by atoms with van der Waals surface area (Å²) in [6, 6.07) is 0. The lowest BCUT2D eigenvalue weighted by Crippen LogP contribution is -2.35. The van der Waals surface area contributed by atoms with Crippen molar-refractivity contribution in [1.82, 2.24) is 0 Å². The Morgan fingerprint density at radius 2 is 1.73 bits per heavy atom. The van der Waals surface area contributed by atoms with E-state index in [9.17, 15) is 4.79 Å². The molecular weight excluding hydrogens is 144 g/mol. The molecule has 3 heteroatoms. The summed E-state index contributed by atoms with van der Waals surface area (Å²) in [5.74, 6) is 0.320. The highest BCUT2D eigenvalue weighted by molar-refractivity contribution is 5.60. The van der Waals surface area contributed by atoms with Gasteiger partial charge in [0.15, 0.2) is 0 Å². The molecule has 1 aliphatic heterocycles. The molecule has 0 aromatic rings. The Balaban J connectivity index is 2.45. The van der Waals surface area contributed by atoms with Crippen molar-refractivity contribution in [3.8, 4) is 0 Å². The van der Waals surface area contributed by atoms with Gasteiger partial charge in [-0.15, -0.1) is 0 Å². The van der Waals surface area contributed by atoms with Gasteiger partial charge in [0.25, 0.3) is 0 Å². The molecular formula is C8H14O3. The molecule has 0 bridgehead atoms. The number of hydrogen-bond acceptors (Lipinski definition) is 3. The zero-order valence-corrected chi connectivity index (χ0v) is 7.22. The zero-order valence-electron chi connectivity index (χ0n) is 7.22.